The van der Waals surface area contributed by atoms with Gasteiger partial charge in [-0.25, -0.2) is 15.0 Å². The quantitative estimate of drug-likeness (QED) is 0.188. The summed E-state index contributed by atoms with van der Waals surface area (Å²) in [6.45, 7) is 11.3. The van der Waals surface area contributed by atoms with E-state index in [1.165, 1.54) is 36.8 Å². The zero-order valence-electron chi connectivity index (χ0n) is 24.1. The first-order chi connectivity index (χ1) is 18.9. The number of aromatic nitrogens is 3. The normalized spacial score (nSPS) is 11.1. The minimum atomic E-state index is 0.0947. The molecule has 1 heterocycles. The number of rotatable bonds is 12. The molecule has 1 N–H and O–H groups in total. The molecule has 5 heteroatoms. The van der Waals surface area contributed by atoms with Crippen LogP contribution in [-0.4, -0.2) is 26.7 Å². The molecule has 0 fully saturated rings. The highest BCUT2D eigenvalue weighted by atomic mass is 16.5. The summed E-state index contributed by atoms with van der Waals surface area (Å²) < 4.78 is 5.92. The van der Waals surface area contributed by atoms with E-state index >= 15 is 0 Å². The lowest BCUT2D eigenvalue weighted by molar-refractivity contribution is 0.303. The van der Waals surface area contributed by atoms with Crippen LogP contribution in [-0.2, 0) is 6.42 Å². The summed E-state index contributed by atoms with van der Waals surface area (Å²) in [6.07, 6.45) is 8.22. The Kier molecular flexibility index (Phi) is 9.69. The second kappa shape index (κ2) is 13.4. The molecule has 0 saturated heterocycles. The molecule has 0 aliphatic heterocycles. The molecule has 4 aromatic rings. The van der Waals surface area contributed by atoms with Crippen LogP contribution in [0.15, 0.2) is 54.6 Å². The van der Waals surface area contributed by atoms with Gasteiger partial charge >= 0.3 is 0 Å². The highest BCUT2D eigenvalue weighted by molar-refractivity contribution is 5.72. The second-order valence-electron chi connectivity index (χ2n) is 10.4. The van der Waals surface area contributed by atoms with Gasteiger partial charge in [-0.05, 0) is 62.4 Å². The van der Waals surface area contributed by atoms with Crippen molar-refractivity contribution in [2.24, 2.45) is 0 Å². The van der Waals surface area contributed by atoms with Crippen LogP contribution < -0.4 is 4.74 Å². The first-order valence-electron chi connectivity index (χ1n) is 14.3. The van der Waals surface area contributed by atoms with Crippen molar-refractivity contribution in [1.29, 1.82) is 0 Å². The van der Waals surface area contributed by atoms with Crippen molar-refractivity contribution in [1.82, 2.24) is 15.0 Å². The monoisotopic (exact) mass is 523 g/mol. The van der Waals surface area contributed by atoms with Crippen molar-refractivity contribution in [3.63, 3.8) is 0 Å². The predicted octanol–water partition coefficient (Wildman–Crippen LogP) is 8.81. The van der Waals surface area contributed by atoms with E-state index in [4.69, 9.17) is 19.7 Å². The van der Waals surface area contributed by atoms with E-state index in [0.717, 1.165) is 41.5 Å². The topological polar surface area (TPSA) is 68.1 Å². The number of aromatic hydroxyl groups is 1. The first kappa shape index (κ1) is 28.3. The van der Waals surface area contributed by atoms with Crippen molar-refractivity contribution in [3.8, 4) is 45.7 Å². The van der Waals surface area contributed by atoms with E-state index < -0.39 is 0 Å². The van der Waals surface area contributed by atoms with E-state index in [-0.39, 0.29) is 5.75 Å². The molecule has 204 valence electrons. The van der Waals surface area contributed by atoms with Crippen LogP contribution in [0, 0.1) is 20.8 Å². The summed E-state index contributed by atoms with van der Waals surface area (Å²) >= 11 is 0. The maximum Gasteiger partial charge on any atom is 0.167 e. The maximum atomic E-state index is 11.0. The number of unbranched alkanes of at least 4 members (excludes halogenated alkanes) is 5. The van der Waals surface area contributed by atoms with Gasteiger partial charge in [0.15, 0.2) is 17.5 Å². The van der Waals surface area contributed by atoms with E-state index in [1.54, 1.807) is 6.07 Å². The maximum absolute atomic E-state index is 11.0. The van der Waals surface area contributed by atoms with Crippen LogP contribution in [0.1, 0.15) is 74.6 Å². The summed E-state index contributed by atoms with van der Waals surface area (Å²) in [5, 5.41) is 11.0. The van der Waals surface area contributed by atoms with Gasteiger partial charge in [-0.1, -0.05) is 87.9 Å². The standard InChI is InChI=1S/C34H41N3O2/c1-6-8-9-10-11-12-19-39-27-15-18-30(31(38)22-27)34-36-32(28-16-13-23(3)20-24(28)4)35-33(37-34)29-17-14-26(7-2)21-25(29)5/h13-18,20-22,38H,6-12,19H2,1-5H3. The number of phenolic OH excluding ortho intramolecular Hbond substituents is 1. The van der Waals surface area contributed by atoms with Gasteiger partial charge in [0, 0.05) is 17.2 Å². The van der Waals surface area contributed by atoms with Crippen molar-refractivity contribution in [3.05, 3.63) is 76.9 Å². The van der Waals surface area contributed by atoms with Gasteiger partial charge in [0.2, 0.25) is 0 Å². The van der Waals surface area contributed by atoms with Gasteiger partial charge in [0.1, 0.15) is 11.5 Å². The van der Waals surface area contributed by atoms with Crippen LogP contribution in [0.5, 0.6) is 11.5 Å². The van der Waals surface area contributed by atoms with E-state index in [9.17, 15) is 5.11 Å². The van der Waals surface area contributed by atoms with Gasteiger partial charge in [-0.15, -0.1) is 0 Å². The molecule has 0 atom stereocenters. The Bertz CT molecular complexity index is 1410. The molecule has 0 spiro atoms. The Hall–Kier alpha value is -3.73. The smallest absolute Gasteiger partial charge is 0.167 e. The van der Waals surface area contributed by atoms with E-state index in [1.807, 2.05) is 12.1 Å². The number of ether oxygens (including phenoxy) is 1. The van der Waals surface area contributed by atoms with Crippen molar-refractivity contribution < 1.29 is 9.84 Å². The third-order valence-electron chi connectivity index (χ3n) is 7.17. The molecule has 39 heavy (non-hydrogen) atoms. The third kappa shape index (κ3) is 7.23. The SMILES string of the molecule is CCCCCCCCOc1ccc(-c2nc(-c3ccc(C)cc3C)nc(-c3ccc(CC)cc3C)n2)c(O)c1. The zero-order valence-corrected chi connectivity index (χ0v) is 24.1. The molecule has 0 bridgehead atoms. The zero-order chi connectivity index (χ0) is 27.8. The van der Waals surface area contributed by atoms with Gasteiger partial charge < -0.3 is 9.84 Å². The van der Waals surface area contributed by atoms with Crippen LogP contribution >= 0.6 is 0 Å². The minimum absolute atomic E-state index is 0.0947. The number of aryl methyl sites for hydroxylation is 4. The molecule has 0 aliphatic rings. The fourth-order valence-electron chi connectivity index (χ4n) is 4.86. The van der Waals surface area contributed by atoms with Crippen molar-refractivity contribution in [2.75, 3.05) is 6.61 Å². The highest BCUT2D eigenvalue weighted by Crippen LogP contribution is 2.34. The number of hydrogen-bond acceptors (Lipinski definition) is 5. The summed E-state index contributed by atoms with van der Waals surface area (Å²) in [4.78, 5) is 14.6. The summed E-state index contributed by atoms with van der Waals surface area (Å²) in [7, 11) is 0. The lowest BCUT2D eigenvalue weighted by atomic mass is 10.0. The van der Waals surface area contributed by atoms with Gasteiger partial charge in [-0.2, -0.15) is 0 Å². The van der Waals surface area contributed by atoms with E-state index in [2.05, 4.69) is 71.0 Å². The van der Waals surface area contributed by atoms with Gasteiger partial charge in [0.05, 0.1) is 12.2 Å². The lowest BCUT2D eigenvalue weighted by Gasteiger charge is -2.13. The molecule has 0 unspecified atom stereocenters. The second-order valence-corrected chi connectivity index (χ2v) is 10.4. The van der Waals surface area contributed by atoms with Crippen LogP contribution in [0.3, 0.4) is 0 Å². The average Bonchev–Trinajstić information content (AvgIpc) is 2.92. The molecule has 4 rings (SSSR count). The average molecular weight is 524 g/mol. The molecule has 0 saturated carbocycles. The van der Waals surface area contributed by atoms with Gasteiger partial charge in [0.25, 0.3) is 0 Å². The molecule has 0 amide bonds. The van der Waals surface area contributed by atoms with E-state index in [0.29, 0.717) is 35.4 Å². The molecule has 0 aliphatic carbocycles. The molecular formula is C34H41N3O2. The Morgan fingerprint density at radius 2 is 1.23 bits per heavy atom. The minimum Gasteiger partial charge on any atom is -0.507 e. The lowest BCUT2D eigenvalue weighted by Crippen LogP contribution is -2.03. The summed E-state index contributed by atoms with van der Waals surface area (Å²) in [5.74, 6) is 2.37. The van der Waals surface area contributed by atoms with Crippen LogP contribution in [0.25, 0.3) is 34.2 Å². The van der Waals surface area contributed by atoms with Crippen LogP contribution in [0.4, 0.5) is 0 Å². The highest BCUT2D eigenvalue weighted by Gasteiger charge is 2.17. The fourth-order valence-corrected chi connectivity index (χ4v) is 4.86. The number of hydrogen-bond donors (Lipinski definition) is 1. The number of nitrogens with zero attached hydrogens (tertiary/aromatic N) is 3. The Balaban J connectivity index is 1.66. The Labute approximate surface area is 233 Å². The van der Waals surface area contributed by atoms with Crippen molar-refractivity contribution in [2.45, 2.75) is 79.6 Å². The third-order valence-corrected chi connectivity index (χ3v) is 7.17. The number of benzene rings is 3. The Morgan fingerprint density at radius 1 is 0.641 bits per heavy atom. The number of phenols is 1. The molecule has 3 aromatic carbocycles. The molecule has 5 nitrogen and oxygen atoms in total. The first-order valence-corrected chi connectivity index (χ1v) is 14.3. The Morgan fingerprint density at radius 3 is 1.85 bits per heavy atom. The summed E-state index contributed by atoms with van der Waals surface area (Å²) in [5.41, 5.74) is 7.13. The summed E-state index contributed by atoms with van der Waals surface area (Å²) in [6, 6.07) is 18.0. The molecule has 1 aromatic heterocycles. The van der Waals surface area contributed by atoms with Crippen molar-refractivity contribution >= 4 is 0 Å². The fraction of sp³-hybridized carbons (Fsp3) is 0.382. The van der Waals surface area contributed by atoms with Crippen LogP contribution in [0.2, 0.25) is 0 Å². The largest absolute Gasteiger partial charge is 0.507 e. The molecule has 0 radical (unpaired) electrons. The molecular weight excluding hydrogens is 482 g/mol. The van der Waals surface area contributed by atoms with Gasteiger partial charge in [-0.3, -0.25) is 0 Å². The predicted molar refractivity (Wildman–Crippen MR) is 160 cm³/mol.